The average Bonchev–Trinajstić information content (AvgIpc) is 3.02. The SMILES string of the molecule is CC(C)(C)C1CN(C2CCCC2)C(C2CC2)CN1. The predicted octanol–water partition coefficient (Wildman–Crippen LogP) is 3.03. The first-order valence-electron chi connectivity index (χ1n) is 8.05. The average molecular weight is 250 g/mol. The van der Waals surface area contributed by atoms with Gasteiger partial charge < -0.3 is 5.32 Å². The second-order valence-electron chi connectivity index (χ2n) is 7.87. The lowest BCUT2D eigenvalue weighted by Crippen LogP contribution is -2.62. The van der Waals surface area contributed by atoms with E-state index in [1.54, 1.807) is 0 Å². The van der Waals surface area contributed by atoms with Crippen LogP contribution in [-0.4, -0.2) is 36.1 Å². The normalized spacial score (nSPS) is 36.2. The first kappa shape index (κ1) is 12.9. The lowest BCUT2D eigenvalue weighted by atomic mass is 9.83. The highest BCUT2D eigenvalue weighted by Gasteiger charge is 2.43. The summed E-state index contributed by atoms with van der Waals surface area (Å²) in [5.41, 5.74) is 0.394. The van der Waals surface area contributed by atoms with Gasteiger partial charge in [0.2, 0.25) is 0 Å². The van der Waals surface area contributed by atoms with Gasteiger partial charge in [0, 0.05) is 31.2 Å². The zero-order valence-electron chi connectivity index (χ0n) is 12.4. The van der Waals surface area contributed by atoms with Crippen LogP contribution in [0.5, 0.6) is 0 Å². The molecule has 3 rings (SSSR count). The minimum Gasteiger partial charge on any atom is -0.311 e. The van der Waals surface area contributed by atoms with E-state index in [1.165, 1.54) is 51.6 Å². The van der Waals surface area contributed by atoms with E-state index < -0.39 is 0 Å². The van der Waals surface area contributed by atoms with Crippen LogP contribution in [0.4, 0.5) is 0 Å². The molecule has 2 heteroatoms. The lowest BCUT2D eigenvalue weighted by molar-refractivity contribution is 0.0415. The van der Waals surface area contributed by atoms with Crippen LogP contribution in [0.3, 0.4) is 0 Å². The molecule has 1 heterocycles. The van der Waals surface area contributed by atoms with E-state index >= 15 is 0 Å². The number of hydrogen-bond donors (Lipinski definition) is 1. The van der Waals surface area contributed by atoms with Gasteiger partial charge in [-0.15, -0.1) is 0 Å². The van der Waals surface area contributed by atoms with E-state index in [1.807, 2.05) is 0 Å². The van der Waals surface area contributed by atoms with Crippen LogP contribution < -0.4 is 5.32 Å². The third-order valence-electron chi connectivity index (χ3n) is 5.40. The van der Waals surface area contributed by atoms with Crippen molar-refractivity contribution < 1.29 is 0 Å². The van der Waals surface area contributed by atoms with Gasteiger partial charge in [0.15, 0.2) is 0 Å². The number of hydrogen-bond acceptors (Lipinski definition) is 2. The van der Waals surface area contributed by atoms with Crippen LogP contribution in [0.25, 0.3) is 0 Å². The van der Waals surface area contributed by atoms with E-state index in [0.717, 1.165) is 18.0 Å². The van der Waals surface area contributed by atoms with E-state index in [4.69, 9.17) is 0 Å². The van der Waals surface area contributed by atoms with E-state index in [9.17, 15) is 0 Å². The first-order valence-corrected chi connectivity index (χ1v) is 8.05. The maximum Gasteiger partial charge on any atom is 0.0252 e. The zero-order chi connectivity index (χ0) is 12.8. The third-order valence-corrected chi connectivity index (χ3v) is 5.40. The molecular formula is C16H30N2. The van der Waals surface area contributed by atoms with Crippen LogP contribution in [-0.2, 0) is 0 Å². The second kappa shape index (κ2) is 4.79. The summed E-state index contributed by atoms with van der Waals surface area (Å²) in [6, 6.07) is 2.43. The molecule has 0 aromatic carbocycles. The zero-order valence-corrected chi connectivity index (χ0v) is 12.4. The summed E-state index contributed by atoms with van der Waals surface area (Å²) in [4.78, 5) is 2.91. The minimum absolute atomic E-state index is 0.394. The fourth-order valence-electron chi connectivity index (χ4n) is 3.95. The monoisotopic (exact) mass is 250 g/mol. The maximum absolute atomic E-state index is 3.84. The van der Waals surface area contributed by atoms with Gasteiger partial charge in [-0.3, -0.25) is 4.90 Å². The molecule has 3 aliphatic rings. The smallest absolute Gasteiger partial charge is 0.0252 e. The largest absolute Gasteiger partial charge is 0.311 e. The Labute approximate surface area is 113 Å². The molecule has 0 aromatic heterocycles. The van der Waals surface area contributed by atoms with E-state index in [2.05, 4.69) is 31.0 Å². The number of piperazine rings is 1. The van der Waals surface area contributed by atoms with Crippen LogP contribution in [0.2, 0.25) is 0 Å². The minimum atomic E-state index is 0.394. The second-order valence-corrected chi connectivity index (χ2v) is 7.87. The Bertz CT molecular complexity index is 284. The third kappa shape index (κ3) is 2.60. The lowest BCUT2D eigenvalue weighted by Gasteiger charge is -2.48. The van der Waals surface area contributed by atoms with Gasteiger partial charge in [-0.05, 0) is 37.0 Å². The van der Waals surface area contributed by atoms with E-state index in [0.29, 0.717) is 11.5 Å². The Kier molecular flexibility index (Phi) is 3.44. The van der Waals surface area contributed by atoms with Gasteiger partial charge in [0.25, 0.3) is 0 Å². The van der Waals surface area contributed by atoms with Crippen molar-refractivity contribution in [1.29, 1.82) is 0 Å². The molecule has 3 fully saturated rings. The van der Waals surface area contributed by atoms with Crippen LogP contribution in [0.1, 0.15) is 59.3 Å². The molecule has 2 atom stereocenters. The molecule has 2 unspecified atom stereocenters. The summed E-state index contributed by atoms with van der Waals surface area (Å²) in [5, 5.41) is 3.84. The van der Waals surface area contributed by atoms with Crippen molar-refractivity contribution in [3.05, 3.63) is 0 Å². The van der Waals surface area contributed by atoms with Gasteiger partial charge in [0.1, 0.15) is 0 Å². The molecular weight excluding hydrogens is 220 g/mol. The molecule has 0 bridgehead atoms. The van der Waals surface area contributed by atoms with Crippen molar-refractivity contribution in [2.75, 3.05) is 13.1 Å². The molecule has 0 aromatic rings. The molecule has 2 nitrogen and oxygen atoms in total. The summed E-state index contributed by atoms with van der Waals surface area (Å²) in [6.45, 7) is 9.68. The molecule has 1 aliphatic heterocycles. The van der Waals surface area contributed by atoms with Gasteiger partial charge >= 0.3 is 0 Å². The van der Waals surface area contributed by atoms with Crippen molar-refractivity contribution in [2.45, 2.75) is 77.4 Å². The summed E-state index contributed by atoms with van der Waals surface area (Å²) >= 11 is 0. The van der Waals surface area contributed by atoms with Crippen molar-refractivity contribution >= 4 is 0 Å². The van der Waals surface area contributed by atoms with Gasteiger partial charge in [-0.25, -0.2) is 0 Å². The highest BCUT2D eigenvalue weighted by atomic mass is 15.3. The molecule has 1 saturated heterocycles. The van der Waals surface area contributed by atoms with E-state index in [-0.39, 0.29) is 0 Å². The predicted molar refractivity (Wildman–Crippen MR) is 76.7 cm³/mol. The topological polar surface area (TPSA) is 15.3 Å². The molecule has 2 aliphatic carbocycles. The first-order chi connectivity index (χ1) is 8.55. The number of nitrogens with one attached hydrogen (secondary N) is 1. The van der Waals surface area contributed by atoms with Crippen molar-refractivity contribution in [1.82, 2.24) is 10.2 Å². The van der Waals surface area contributed by atoms with Crippen LogP contribution >= 0.6 is 0 Å². The quantitative estimate of drug-likeness (QED) is 0.810. The fourth-order valence-corrected chi connectivity index (χ4v) is 3.95. The van der Waals surface area contributed by atoms with Crippen molar-refractivity contribution in [2.24, 2.45) is 11.3 Å². The van der Waals surface area contributed by atoms with Crippen molar-refractivity contribution in [3.8, 4) is 0 Å². The summed E-state index contributed by atoms with van der Waals surface area (Å²) in [5.74, 6) is 1.01. The maximum atomic E-state index is 3.84. The van der Waals surface area contributed by atoms with Crippen LogP contribution in [0.15, 0.2) is 0 Å². The Balaban J connectivity index is 1.71. The van der Waals surface area contributed by atoms with Gasteiger partial charge in [0.05, 0.1) is 0 Å². The fraction of sp³-hybridized carbons (Fsp3) is 1.00. The number of nitrogens with zero attached hydrogens (tertiary/aromatic N) is 1. The summed E-state index contributed by atoms with van der Waals surface area (Å²) in [6.07, 6.45) is 8.81. The molecule has 1 N–H and O–H groups in total. The molecule has 2 saturated carbocycles. The number of rotatable bonds is 2. The van der Waals surface area contributed by atoms with Crippen LogP contribution in [0, 0.1) is 11.3 Å². The molecule has 18 heavy (non-hydrogen) atoms. The molecule has 0 radical (unpaired) electrons. The summed E-state index contributed by atoms with van der Waals surface area (Å²) in [7, 11) is 0. The van der Waals surface area contributed by atoms with Gasteiger partial charge in [-0.2, -0.15) is 0 Å². The Morgan fingerprint density at radius 3 is 2.22 bits per heavy atom. The van der Waals surface area contributed by atoms with Crippen molar-refractivity contribution in [3.63, 3.8) is 0 Å². The Morgan fingerprint density at radius 1 is 1.00 bits per heavy atom. The standard InChI is InChI=1S/C16H30N2/c1-16(2,3)15-11-18(13-6-4-5-7-13)14(10-17-15)12-8-9-12/h12-15,17H,4-11H2,1-3H3. The molecule has 0 amide bonds. The summed E-state index contributed by atoms with van der Waals surface area (Å²) < 4.78 is 0. The molecule has 0 spiro atoms. The highest BCUT2D eigenvalue weighted by molar-refractivity contribution is 5.00. The Morgan fingerprint density at radius 2 is 1.67 bits per heavy atom. The van der Waals surface area contributed by atoms with Gasteiger partial charge in [-0.1, -0.05) is 33.6 Å². The Hall–Kier alpha value is -0.0800. The molecule has 104 valence electrons. The highest BCUT2D eigenvalue weighted by Crippen LogP contribution is 2.40.